The van der Waals surface area contributed by atoms with Crippen molar-refractivity contribution in [2.45, 2.75) is 61.9 Å². The molecule has 0 aliphatic carbocycles. The summed E-state index contributed by atoms with van der Waals surface area (Å²) in [7, 11) is 0. The molecule has 0 radical (unpaired) electrons. The molecule has 0 spiro atoms. The number of piperidine rings is 1. The lowest BCUT2D eigenvalue weighted by Crippen LogP contribution is -2.54. The number of nitrogens with one attached hydrogen (secondary N) is 2. The highest BCUT2D eigenvalue weighted by Crippen LogP contribution is 2.35. The maximum atomic E-state index is 13.3. The minimum absolute atomic E-state index is 0.0689. The predicted octanol–water partition coefficient (Wildman–Crippen LogP) is 5.65. The fraction of sp³-hybridized carbons (Fsp3) is 0.324. The molecule has 226 valence electrons. The largest absolute Gasteiger partial charge is 0.459 e. The number of carbonyl (C=O) groups is 4. The molecule has 2 atom stereocenters. The van der Waals surface area contributed by atoms with Crippen molar-refractivity contribution < 1.29 is 23.6 Å². The number of pyridine rings is 1. The van der Waals surface area contributed by atoms with Crippen LogP contribution >= 0.6 is 11.8 Å². The van der Waals surface area contributed by atoms with Crippen molar-refractivity contribution in [3.8, 4) is 0 Å². The van der Waals surface area contributed by atoms with Gasteiger partial charge in [-0.1, -0.05) is 49.6 Å². The molecule has 2 aromatic heterocycles. The lowest BCUT2D eigenvalue weighted by atomic mass is 10.0. The van der Waals surface area contributed by atoms with Crippen LogP contribution in [0.1, 0.15) is 83.0 Å². The Morgan fingerprint density at radius 1 is 0.955 bits per heavy atom. The van der Waals surface area contributed by atoms with Gasteiger partial charge >= 0.3 is 0 Å². The molecule has 44 heavy (non-hydrogen) atoms. The third-order valence-corrected chi connectivity index (χ3v) is 9.25. The van der Waals surface area contributed by atoms with E-state index in [0.717, 1.165) is 76.5 Å². The summed E-state index contributed by atoms with van der Waals surface area (Å²) in [5.41, 5.74) is 2.63. The van der Waals surface area contributed by atoms with Crippen molar-refractivity contribution in [2.24, 2.45) is 0 Å². The Kier molecular flexibility index (Phi) is 9.18. The molecule has 1 saturated heterocycles. The Morgan fingerprint density at radius 3 is 2.61 bits per heavy atom. The molecule has 2 aromatic carbocycles. The summed E-state index contributed by atoms with van der Waals surface area (Å²) in [6.45, 7) is 0.849. The molecule has 6 rings (SSSR count). The van der Waals surface area contributed by atoms with Gasteiger partial charge in [-0.25, -0.2) is 0 Å². The van der Waals surface area contributed by atoms with Crippen LogP contribution in [0.25, 0.3) is 11.0 Å². The van der Waals surface area contributed by atoms with E-state index in [1.165, 1.54) is 0 Å². The number of unbranched alkanes of at least 4 members (excludes halogenated alkanes) is 4. The smallest absolute Gasteiger partial charge is 0.263 e. The van der Waals surface area contributed by atoms with Gasteiger partial charge in [0.1, 0.15) is 17.4 Å². The summed E-state index contributed by atoms with van der Waals surface area (Å²) in [5.74, 6) is -0.203. The summed E-state index contributed by atoms with van der Waals surface area (Å²) in [6.07, 6.45) is 9.17. The first-order chi connectivity index (χ1) is 21.5. The van der Waals surface area contributed by atoms with Crippen molar-refractivity contribution >= 4 is 46.4 Å². The molecule has 2 aliphatic rings. The zero-order valence-electron chi connectivity index (χ0n) is 24.3. The average molecular weight is 611 g/mol. The number of rotatable bonds is 13. The molecule has 9 nitrogen and oxygen atoms in total. The number of aromatic nitrogens is 1. The number of benzene rings is 2. The van der Waals surface area contributed by atoms with E-state index in [-0.39, 0.29) is 24.8 Å². The SMILES string of the molecule is O=C1CCC(N2C(=O)c3cccc(SCCCCCCCNC(c4cccnc4)c4cc5ccccc5o4)c3C2=O)C(=O)N1. The van der Waals surface area contributed by atoms with Crippen molar-refractivity contribution in [2.75, 3.05) is 12.3 Å². The second kappa shape index (κ2) is 13.6. The zero-order chi connectivity index (χ0) is 30.5. The molecule has 0 bridgehead atoms. The first-order valence-electron chi connectivity index (χ1n) is 15.1. The maximum Gasteiger partial charge on any atom is 0.263 e. The highest BCUT2D eigenvalue weighted by molar-refractivity contribution is 7.99. The number of fused-ring (bicyclic) bond motifs is 2. The first kappa shape index (κ1) is 29.8. The number of thioether (sulfide) groups is 1. The van der Waals surface area contributed by atoms with E-state index in [1.807, 2.05) is 36.5 Å². The number of amides is 4. The highest BCUT2D eigenvalue weighted by atomic mass is 32.2. The lowest BCUT2D eigenvalue weighted by molar-refractivity contribution is -0.136. The van der Waals surface area contributed by atoms with Gasteiger partial charge in [-0.2, -0.15) is 0 Å². The van der Waals surface area contributed by atoms with Crippen molar-refractivity contribution in [3.05, 3.63) is 95.5 Å². The number of para-hydroxylation sites is 1. The van der Waals surface area contributed by atoms with E-state index in [9.17, 15) is 19.2 Å². The van der Waals surface area contributed by atoms with Gasteiger partial charge in [0.25, 0.3) is 11.8 Å². The Morgan fingerprint density at radius 2 is 1.80 bits per heavy atom. The van der Waals surface area contributed by atoms with E-state index in [1.54, 1.807) is 30.1 Å². The van der Waals surface area contributed by atoms with Crippen molar-refractivity contribution in [3.63, 3.8) is 0 Å². The van der Waals surface area contributed by atoms with Crippen LogP contribution in [0.2, 0.25) is 0 Å². The van der Waals surface area contributed by atoms with Gasteiger partial charge in [-0.15, -0.1) is 11.8 Å². The quantitative estimate of drug-likeness (QED) is 0.113. The average Bonchev–Trinajstić information content (AvgIpc) is 3.57. The van der Waals surface area contributed by atoms with Crippen LogP contribution in [-0.4, -0.2) is 51.9 Å². The molecule has 0 saturated carbocycles. The van der Waals surface area contributed by atoms with E-state index < -0.39 is 23.8 Å². The highest BCUT2D eigenvalue weighted by Gasteiger charge is 2.45. The summed E-state index contributed by atoms with van der Waals surface area (Å²) >= 11 is 1.57. The third-order valence-electron chi connectivity index (χ3n) is 8.10. The summed E-state index contributed by atoms with van der Waals surface area (Å²) in [5, 5.41) is 6.98. The molecule has 2 N–H and O–H groups in total. The van der Waals surface area contributed by atoms with Crippen molar-refractivity contribution in [1.82, 2.24) is 20.5 Å². The topological polar surface area (TPSA) is 122 Å². The number of furan rings is 1. The van der Waals surface area contributed by atoms with Crippen LogP contribution in [0.15, 0.2) is 82.4 Å². The number of hydrogen-bond acceptors (Lipinski definition) is 8. The third kappa shape index (κ3) is 6.32. The molecule has 10 heteroatoms. The molecular formula is C34H34N4O5S. The minimum Gasteiger partial charge on any atom is -0.459 e. The molecule has 4 amide bonds. The van der Waals surface area contributed by atoms with E-state index >= 15 is 0 Å². The number of imide groups is 2. The standard InChI is InChI=1S/C34H34N4O5S/c39-29-16-15-25(32(40)37-29)38-33(41)24-12-8-14-28(30(24)34(38)42)44-19-7-3-1-2-6-18-36-31(23-11-9-17-35-21-23)27-20-22-10-4-5-13-26(22)43-27/h4-5,8-14,17,20-21,25,31,36H,1-3,6-7,15-16,18-19H2,(H,37,39,40). The van der Waals surface area contributed by atoms with E-state index in [4.69, 9.17) is 4.42 Å². The maximum absolute atomic E-state index is 13.3. The van der Waals surface area contributed by atoms with Gasteiger partial charge in [0.2, 0.25) is 11.8 Å². The molecular weight excluding hydrogens is 576 g/mol. The van der Waals surface area contributed by atoms with E-state index in [0.29, 0.717) is 11.1 Å². The Bertz CT molecular complexity index is 1650. The molecule has 2 aliphatic heterocycles. The summed E-state index contributed by atoms with van der Waals surface area (Å²) in [4.78, 5) is 56.3. The second-order valence-electron chi connectivity index (χ2n) is 11.1. The van der Waals surface area contributed by atoms with Crippen molar-refractivity contribution in [1.29, 1.82) is 0 Å². The molecule has 4 heterocycles. The second-order valence-corrected chi connectivity index (χ2v) is 12.2. The number of carbonyl (C=O) groups excluding carboxylic acids is 4. The Hall–Kier alpha value is -4.28. The van der Waals surface area contributed by atoms with Crippen LogP contribution < -0.4 is 10.6 Å². The van der Waals surface area contributed by atoms with Gasteiger partial charge in [0, 0.05) is 29.1 Å². The number of nitrogens with zero attached hydrogens (tertiary/aromatic N) is 2. The van der Waals surface area contributed by atoms with Crippen LogP contribution in [0.4, 0.5) is 0 Å². The fourth-order valence-corrected chi connectivity index (χ4v) is 6.95. The monoisotopic (exact) mass is 610 g/mol. The van der Waals surface area contributed by atoms with Crippen LogP contribution in [0.5, 0.6) is 0 Å². The van der Waals surface area contributed by atoms with Crippen LogP contribution in [0.3, 0.4) is 0 Å². The van der Waals surface area contributed by atoms with Gasteiger partial charge < -0.3 is 9.73 Å². The lowest BCUT2D eigenvalue weighted by Gasteiger charge is -2.27. The summed E-state index contributed by atoms with van der Waals surface area (Å²) in [6, 6.07) is 18.4. The van der Waals surface area contributed by atoms with Gasteiger partial charge in [-0.3, -0.25) is 34.4 Å². The Balaban J connectivity index is 0.955. The Labute approximate surface area is 259 Å². The normalized spacial score (nSPS) is 17.3. The molecule has 1 fully saturated rings. The zero-order valence-corrected chi connectivity index (χ0v) is 25.1. The van der Waals surface area contributed by atoms with Crippen LogP contribution in [-0.2, 0) is 9.59 Å². The van der Waals surface area contributed by atoms with Gasteiger partial charge in [-0.05, 0) is 67.5 Å². The first-order valence-corrected chi connectivity index (χ1v) is 16.1. The molecule has 4 aromatic rings. The number of hydrogen-bond donors (Lipinski definition) is 2. The predicted molar refractivity (Wildman–Crippen MR) is 167 cm³/mol. The van der Waals surface area contributed by atoms with E-state index in [2.05, 4.69) is 33.8 Å². The minimum atomic E-state index is -0.953. The van der Waals surface area contributed by atoms with Gasteiger partial charge in [0.05, 0.1) is 17.2 Å². The fourth-order valence-electron chi connectivity index (χ4n) is 5.86. The van der Waals surface area contributed by atoms with Gasteiger partial charge in [0.15, 0.2) is 0 Å². The molecule has 2 unspecified atom stereocenters. The van der Waals surface area contributed by atoms with Crippen LogP contribution in [0, 0.1) is 0 Å². The summed E-state index contributed by atoms with van der Waals surface area (Å²) < 4.78 is 6.16.